The largest absolute Gasteiger partial charge is 0.481 e. The fourth-order valence-electron chi connectivity index (χ4n) is 2.60. The van der Waals surface area contributed by atoms with Gasteiger partial charge in [-0.2, -0.15) is 0 Å². The Labute approximate surface area is 125 Å². The molecule has 1 aliphatic carbocycles. The number of aromatic nitrogens is 1. The predicted molar refractivity (Wildman–Crippen MR) is 81.7 cm³/mol. The molecule has 0 amide bonds. The number of aryl methyl sites for hydroxylation is 1. The topological polar surface area (TPSA) is 62.5 Å². The quantitative estimate of drug-likeness (QED) is 0.826. The molecular weight excluding hydrogens is 268 g/mol. The van der Waals surface area contributed by atoms with E-state index in [2.05, 4.69) is 4.90 Å². The van der Waals surface area contributed by atoms with E-state index in [0.717, 1.165) is 31.4 Å². The van der Waals surface area contributed by atoms with Gasteiger partial charge in [-0.05, 0) is 44.5 Å². The zero-order valence-electron chi connectivity index (χ0n) is 13.0. The lowest BCUT2D eigenvalue weighted by atomic mass is 9.93. The summed E-state index contributed by atoms with van der Waals surface area (Å²) < 4.78 is 1.52. The molecule has 1 atom stereocenters. The predicted octanol–water partition coefficient (Wildman–Crippen LogP) is 1.46. The number of hydrogen-bond acceptors (Lipinski definition) is 3. The van der Waals surface area contributed by atoms with Gasteiger partial charge in [0.2, 0.25) is 0 Å². The second-order valence-corrected chi connectivity index (χ2v) is 6.34. The van der Waals surface area contributed by atoms with Gasteiger partial charge in [0.05, 0.1) is 5.92 Å². The van der Waals surface area contributed by atoms with Crippen molar-refractivity contribution in [1.29, 1.82) is 0 Å². The Bertz CT molecular complexity index is 573. The lowest BCUT2D eigenvalue weighted by Crippen LogP contribution is -2.28. The smallest absolute Gasteiger partial charge is 0.311 e. The van der Waals surface area contributed by atoms with Crippen molar-refractivity contribution in [1.82, 2.24) is 9.47 Å². The van der Waals surface area contributed by atoms with E-state index in [1.807, 2.05) is 20.3 Å². The molecule has 0 spiro atoms. The first-order chi connectivity index (χ1) is 9.88. The Kier molecular flexibility index (Phi) is 4.83. The van der Waals surface area contributed by atoms with Crippen molar-refractivity contribution >= 4 is 5.97 Å². The zero-order valence-corrected chi connectivity index (χ0v) is 13.0. The summed E-state index contributed by atoms with van der Waals surface area (Å²) in [5, 5.41) is 9.47. The van der Waals surface area contributed by atoms with Crippen molar-refractivity contribution in [2.45, 2.75) is 31.6 Å². The summed E-state index contributed by atoms with van der Waals surface area (Å²) in [6.45, 7) is 0.873. The molecule has 1 unspecified atom stereocenters. The average Bonchev–Trinajstić information content (AvgIpc) is 3.21. The second kappa shape index (κ2) is 6.43. The van der Waals surface area contributed by atoms with E-state index in [0.29, 0.717) is 17.9 Å². The molecule has 0 bridgehead atoms. The van der Waals surface area contributed by atoms with Crippen molar-refractivity contribution in [3.8, 4) is 0 Å². The van der Waals surface area contributed by atoms with Crippen LogP contribution in [0.5, 0.6) is 0 Å². The molecule has 1 fully saturated rings. The normalized spacial score (nSPS) is 16.2. The molecule has 0 radical (unpaired) electrons. The molecule has 1 aliphatic rings. The van der Waals surface area contributed by atoms with Crippen LogP contribution in [0, 0.1) is 5.92 Å². The lowest BCUT2D eigenvalue weighted by molar-refractivity contribution is -0.139. The third-order valence-electron chi connectivity index (χ3n) is 4.05. The zero-order chi connectivity index (χ0) is 15.6. The number of aliphatic carboxylic acids is 1. The molecule has 0 saturated heterocycles. The van der Waals surface area contributed by atoms with Gasteiger partial charge in [0.15, 0.2) is 0 Å². The van der Waals surface area contributed by atoms with Gasteiger partial charge in [-0.1, -0.05) is 12.8 Å². The minimum Gasteiger partial charge on any atom is -0.481 e. The summed E-state index contributed by atoms with van der Waals surface area (Å²) in [7, 11) is 5.69. The van der Waals surface area contributed by atoms with Crippen molar-refractivity contribution in [3.63, 3.8) is 0 Å². The molecule has 1 heterocycles. The maximum atomic E-state index is 12.3. The van der Waals surface area contributed by atoms with Crippen LogP contribution in [0.15, 0.2) is 17.1 Å². The number of likely N-dealkylation sites (N-methyl/N-ethyl adjacent to an activating group) is 1. The first-order valence-corrected chi connectivity index (χ1v) is 7.45. The second-order valence-electron chi connectivity index (χ2n) is 6.34. The summed E-state index contributed by atoms with van der Waals surface area (Å²) in [5.74, 6) is -1.08. The molecule has 1 aromatic heterocycles. The van der Waals surface area contributed by atoms with Crippen molar-refractivity contribution < 1.29 is 9.90 Å². The third-order valence-corrected chi connectivity index (χ3v) is 4.05. The van der Waals surface area contributed by atoms with Crippen LogP contribution in [0.1, 0.15) is 36.3 Å². The fraction of sp³-hybridized carbons (Fsp3) is 0.625. The van der Waals surface area contributed by atoms with E-state index in [9.17, 15) is 14.7 Å². The van der Waals surface area contributed by atoms with Gasteiger partial charge in [0.25, 0.3) is 5.56 Å². The van der Waals surface area contributed by atoms with Crippen LogP contribution >= 0.6 is 0 Å². The molecule has 1 aromatic rings. The Hall–Kier alpha value is -1.62. The number of carbonyl (C=O) groups is 1. The summed E-state index contributed by atoms with van der Waals surface area (Å²) in [5.41, 5.74) is 1.27. The van der Waals surface area contributed by atoms with Crippen LogP contribution in [-0.4, -0.2) is 41.2 Å². The number of carboxylic acids is 1. The minimum atomic E-state index is -0.885. The van der Waals surface area contributed by atoms with Gasteiger partial charge < -0.3 is 14.6 Å². The number of rotatable bonds is 7. The standard InChI is InChI=1S/C16H24N2O3/c1-17(2)7-6-12-9-13(15(19)18(3)10-12)14(16(20)21)8-11-4-5-11/h9-11,14H,4-8H2,1-3H3,(H,20,21). The Morgan fingerprint density at radius 1 is 1.48 bits per heavy atom. The van der Waals surface area contributed by atoms with Gasteiger partial charge in [-0.15, -0.1) is 0 Å². The Morgan fingerprint density at radius 3 is 2.67 bits per heavy atom. The van der Waals surface area contributed by atoms with Crippen LogP contribution in [-0.2, 0) is 18.3 Å². The van der Waals surface area contributed by atoms with Crippen LogP contribution in [0.4, 0.5) is 0 Å². The van der Waals surface area contributed by atoms with Gasteiger partial charge in [0, 0.05) is 25.4 Å². The number of pyridine rings is 1. The highest BCUT2D eigenvalue weighted by Crippen LogP contribution is 2.38. The van der Waals surface area contributed by atoms with Crippen LogP contribution in [0.25, 0.3) is 0 Å². The highest BCUT2D eigenvalue weighted by molar-refractivity contribution is 5.76. The third kappa shape index (κ3) is 4.17. The monoisotopic (exact) mass is 292 g/mol. The summed E-state index contributed by atoms with van der Waals surface area (Å²) in [6.07, 6.45) is 5.38. The van der Waals surface area contributed by atoms with E-state index in [1.165, 1.54) is 4.57 Å². The number of hydrogen-bond donors (Lipinski definition) is 1. The molecule has 21 heavy (non-hydrogen) atoms. The van der Waals surface area contributed by atoms with Crippen molar-refractivity contribution in [2.24, 2.45) is 13.0 Å². The highest BCUT2D eigenvalue weighted by Gasteiger charge is 2.32. The van der Waals surface area contributed by atoms with Gasteiger partial charge in [-0.25, -0.2) is 0 Å². The first-order valence-electron chi connectivity index (χ1n) is 7.45. The number of carboxylic acid groups (broad SMARTS) is 1. The molecule has 1 saturated carbocycles. The van der Waals surface area contributed by atoms with Crippen LogP contribution in [0.2, 0.25) is 0 Å². The van der Waals surface area contributed by atoms with E-state index in [-0.39, 0.29) is 5.56 Å². The molecule has 5 nitrogen and oxygen atoms in total. The highest BCUT2D eigenvalue weighted by atomic mass is 16.4. The lowest BCUT2D eigenvalue weighted by Gasteiger charge is -2.15. The first kappa shape index (κ1) is 15.8. The molecule has 0 aromatic carbocycles. The summed E-state index contributed by atoms with van der Waals surface area (Å²) >= 11 is 0. The van der Waals surface area contributed by atoms with E-state index in [1.54, 1.807) is 13.1 Å². The van der Waals surface area contributed by atoms with Crippen LogP contribution < -0.4 is 5.56 Å². The molecule has 5 heteroatoms. The molecule has 2 rings (SSSR count). The summed E-state index contributed by atoms with van der Waals surface area (Å²) in [6, 6.07) is 1.80. The fourth-order valence-corrected chi connectivity index (χ4v) is 2.60. The van der Waals surface area contributed by atoms with Crippen molar-refractivity contribution in [3.05, 3.63) is 33.7 Å². The van der Waals surface area contributed by atoms with E-state index >= 15 is 0 Å². The SMILES string of the molecule is CN(C)CCc1cc(C(CC2CC2)C(=O)O)c(=O)n(C)c1. The average molecular weight is 292 g/mol. The number of nitrogens with zero attached hydrogens (tertiary/aromatic N) is 2. The summed E-state index contributed by atoms with van der Waals surface area (Å²) in [4.78, 5) is 25.9. The van der Waals surface area contributed by atoms with E-state index < -0.39 is 11.9 Å². The van der Waals surface area contributed by atoms with Crippen molar-refractivity contribution in [2.75, 3.05) is 20.6 Å². The van der Waals surface area contributed by atoms with Crippen LogP contribution in [0.3, 0.4) is 0 Å². The molecule has 1 N–H and O–H groups in total. The Morgan fingerprint density at radius 2 is 2.14 bits per heavy atom. The maximum absolute atomic E-state index is 12.3. The maximum Gasteiger partial charge on any atom is 0.311 e. The minimum absolute atomic E-state index is 0.184. The van der Waals surface area contributed by atoms with Gasteiger partial charge >= 0.3 is 5.97 Å². The van der Waals surface area contributed by atoms with Gasteiger partial charge in [0.1, 0.15) is 0 Å². The van der Waals surface area contributed by atoms with E-state index in [4.69, 9.17) is 0 Å². The Balaban J connectivity index is 2.30. The van der Waals surface area contributed by atoms with Gasteiger partial charge in [-0.3, -0.25) is 9.59 Å². The molecule has 0 aliphatic heterocycles. The molecule has 116 valence electrons. The molecular formula is C16H24N2O3.